The second-order valence-corrected chi connectivity index (χ2v) is 3.42. The van der Waals surface area contributed by atoms with E-state index in [2.05, 4.69) is 0 Å². The lowest BCUT2D eigenvalue weighted by Crippen LogP contribution is -1.89. The molecule has 0 aromatic carbocycles. The van der Waals surface area contributed by atoms with Crippen molar-refractivity contribution in [3.05, 3.63) is 47.3 Å². The molecule has 0 aliphatic rings. The van der Waals surface area contributed by atoms with E-state index >= 15 is 0 Å². The Morgan fingerprint density at radius 1 is 1.00 bits per heavy atom. The molecule has 0 aliphatic carbocycles. The standard InChI is InChI=1S/C13H18O2/c1-10(12(3)14)8-6-5-7-9-11(2)13(4)15/h5-9,14H,1-4H3/b7-5?,8-6?,11-9-,12-10-. The van der Waals surface area contributed by atoms with Crippen molar-refractivity contribution in [2.45, 2.75) is 27.7 Å². The number of rotatable bonds is 4. The number of allylic oxidation sites excluding steroid dienone is 8. The van der Waals surface area contributed by atoms with Crippen LogP contribution in [0.5, 0.6) is 0 Å². The molecule has 2 nitrogen and oxygen atoms in total. The van der Waals surface area contributed by atoms with E-state index in [0.717, 1.165) is 11.1 Å². The van der Waals surface area contributed by atoms with Gasteiger partial charge in [-0.3, -0.25) is 4.79 Å². The summed E-state index contributed by atoms with van der Waals surface area (Å²) in [6.07, 6.45) is 9.01. The SMILES string of the molecule is CC(=O)/C(C)=C\C=CC=C/C(C)=C(/C)O. The van der Waals surface area contributed by atoms with Crippen molar-refractivity contribution in [3.63, 3.8) is 0 Å². The average Bonchev–Trinajstić information content (AvgIpc) is 2.16. The van der Waals surface area contributed by atoms with Crippen LogP contribution in [-0.2, 0) is 4.79 Å². The van der Waals surface area contributed by atoms with Gasteiger partial charge >= 0.3 is 0 Å². The number of carbonyl (C=O) groups is 1. The smallest absolute Gasteiger partial charge is 0.155 e. The number of hydrogen-bond acceptors (Lipinski definition) is 2. The van der Waals surface area contributed by atoms with Gasteiger partial charge in [0.05, 0.1) is 5.76 Å². The summed E-state index contributed by atoms with van der Waals surface area (Å²) >= 11 is 0. The van der Waals surface area contributed by atoms with Crippen LogP contribution in [0.2, 0.25) is 0 Å². The van der Waals surface area contributed by atoms with Crippen molar-refractivity contribution in [1.29, 1.82) is 0 Å². The van der Waals surface area contributed by atoms with Gasteiger partial charge in [-0.05, 0) is 38.8 Å². The second-order valence-electron chi connectivity index (χ2n) is 3.42. The lowest BCUT2D eigenvalue weighted by atomic mass is 10.2. The number of carbonyl (C=O) groups excluding carboxylic acids is 1. The first-order chi connectivity index (χ1) is 6.95. The Morgan fingerprint density at radius 3 is 2.07 bits per heavy atom. The fraction of sp³-hybridized carbons (Fsp3) is 0.308. The third-order valence-electron chi connectivity index (χ3n) is 2.04. The van der Waals surface area contributed by atoms with Crippen molar-refractivity contribution < 1.29 is 9.90 Å². The van der Waals surface area contributed by atoms with Crippen LogP contribution in [0.15, 0.2) is 47.3 Å². The molecular formula is C13H18O2. The first kappa shape index (κ1) is 13.4. The van der Waals surface area contributed by atoms with Crippen LogP contribution in [-0.4, -0.2) is 10.9 Å². The minimum atomic E-state index is 0.0749. The molecule has 82 valence electrons. The average molecular weight is 206 g/mol. The Morgan fingerprint density at radius 2 is 1.60 bits per heavy atom. The van der Waals surface area contributed by atoms with Gasteiger partial charge in [-0.1, -0.05) is 30.4 Å². The molecule has 2 heteroatoms. The van der Waals surface area contributed by atoms with Crippen molar-refractivity contribution in [2.24, 2.45) is 0 Å². The highest BCUT2D eigenvalue weighted by Crippen LogP contribution is 2.01. The van der Waals surface area contributed by atoms with E-state index in [0.29, 0.717) is 5.76 Å². The predicted molar refractivity (Wildman–Crippen MR) is 63.7 cm³/mol. The molecule has 0 aromatic rings. The molecule has 1 N–H and O–H groups in total. The molecule has 0 rings (SSSR count). The second kappa shape index (κ2) is 6.82. The minimum absolute atomic E-state index is 0.0749. The molecule has 0 radical (unpaired) electrons. The van der Waals surface area contributed by atoms with Gasteiger partial charge in [-0.2, -0.15) is 0 Å². The molecule has 0 unspecified atom stereocenters. The largest absolute Gasteiger partial charge is 0.512 e. The summed E-state index contributed by atoms with van der Waals surface area (Å²) in [5, 5.41) is 9.09. The molecule has 0 fully saturated rings. The lowest BCUT2D eigenvalue weighted by molar-refractivity contribution is -0.113. The van der Waals surface area contributed by atoms with Gasteiger partial charge in [-0.25, -0.2) is 0 Å². The van der Waals surface area contributed by atoms with Crippen LogP contribution >= 0.6 is 0 Å². The number of Topliss-reactive ketones (excluding diaryl/α,β-unsaturated/α-hetero) is 1. The van der Waals surface area contributed by atoms with Crippen molar-refractivity contribution in [2.75, 3.05) is 0 Å². The number of hydrogen-bond donors (Lipinski definition) is 1. The van der Waals surface area contributed by atoms with E-state index in [9.17, 15) is 4.79 Å². The first-order valence-corrected chi connectivity index (χ1v) is 4.84. The zero-order valence-corrected chi connectivity index (χ0v) is 9.74. The topological polar surface area (TPSA) is 37.3 Å². The highest BCUT2D eigenvalue weighted by atomic mass is 16.3. The van der Waals surface area contributed by atoms with Gasteiger partial charge in [0.1, 0.15) is 0 Å². The Labute approximate surface area is 91.3 Å². The van der Waals surface area contributed by atoms with Crippen molar-refractivity contribution >= 4 is 5.78 Å². The molecule has 15 heavy (non-hydrogen) atoms. The molecule has 0 atom stereocenters. The summed E-state index contributed by atoms with van der Waals surface area (Å²) in [6, 6.07) is 0. The summed E-state index contributed by atoms with van der Waals surface area (Å²) < 4.78 is 0. The third kappa shape index (κ3) is 6.49. The summed E-state index contributed by atoms with van der Waals surface area (Å²) in [6.45, 7) is 6.79. The molecule has 0 amide bonds. The van der Waals surface area contributed by atoms with E-state index in [4.69, 9.17) is 5.11 Å². The maximum Gasteiger partial charge on any atom is 0.155 e. The molecule has 0 spiro atoms. The van der Waals surface area contributed by atoms with Gasteiger partial charge in [0, 0.05) is 0 Å². The zero-order chi connectivity index (χ0) is 11.8. The summed E-state index contributed by atoms with van der Waals surface area (Å²) in [5.41, 5.74) is 1.55. The third-order valence-corrected chi connectivity index (χ3v) is 2.04. The van der Waals surface area contributed by atoms with Crippen LogP contribution < -0.4 is 0 Å². The summed E-state index contributed by atoms with van der Waals surface area (Å²) in [4.78, 5) is 10.8. The van der Waals surface area contributed by atoms with E-state index in [-0.39, 0.29) is 5.78 Å². The Balaban J connectivity index is 4.30. The number of aliphatic hydroxyl groups excluding tert-OH is 1. The molecule has 0 aliphatic heterocycles. The monoisotopic (exact) mass is 206 g/mol. The Bertz CT molecular complexity index is 338. The highest BCUT2D eigenvalue weighted by Gasteiger charge is 1.91. The molecule has 0 aromatic heterocycles. The van der Waals surface area contributed by atoms with Crippen LogP contribution in [0.25, 0.3) is 0 Å². The fourth-order valence-electron chi connectivity index (χ4n) is 0.702. The zero-order valence-electron chi connectivity index (χ0n) is 9.74. The van der Waals surface area contributed by atoms with Crippen LogP contribution in [0.4, 0.5) is 0 Å². The first-order valence-electron chi connectivity index (χ1n) is 4.84. The molecule has 0 bridgehead atoms. The quantitative estimate of drug-likeness (QED) is 0.434. The summed E-state index contributed by atoms with van der Waals surface area (Å²) in [5.74, 6) is 0.390. The number of ketones is 1. The van der Waals surface area contributed by atoms with Crippen LogP contribution in [0.3, 0.4) is 0 Å². The van der Waals surface area contributed by atoms with Gasteiger partial charge < -0.3 is 5.11 Å². The summed E-state index contributed by atoms with van der Waals surface area (Å²) in [7, 11) is 0. The maximum absolute atomic E-state index is 10.8. The van der Waals surface area contributed by atoms with Gasteiger partial charge in [0.15, 0.2) is 5.78 Å². The van der Waals surface area contributed by atoms with E-state index in [1.54, 1.807) is 26.0 Å². The molecule has 0 saturated carbocycles. The molecular weight excluding hydrogens is 188 g/mol. The van der Waals surface area contributed by atoms with Gasteiger partial charge in [-0.15, -0.1) is 0 Å². The molecule has 0 saturated heterocycles. The van der Waals surface area contributed by atoms with Crippen LogP contribution in [0, 0.1) is 0 Å². The molecule has 0 heterocycles. The highest BCUT2D eigenvalue weighted by molar-refractivity contribution is 5.92. The van der Waals surface area contributed by atoms with Crippen molar-refractivity contribution in [3.8, 4) is 0 Å². The van der Waals surface area contributed by atoms with E-state index < -0.39 is 0 Å². The fourth-order valence-corrected chi connectivity index (χ4v) is 0.702. The van der Waals surface area contributed by atoms with Gasteiger partial charge in [0.2, 0.25) is 0 Å². The van der Waals surface area contributed by atoms with Crippen LogP contribution in [0.1, 0.15) is 27.7 Å². The maximum atomic E-state index is 10.8. The Hall–Kier alpha value is -1.57. The van der Waals surface area contributed by atoms with Crippen molar-refractivity contribution in [1.82, 2.24) is 0 Å². The van der Waals surface area contributed by atoms with E-state index in [1.807, 2.05) is 25.2 Å². The minimum Gasteiger partial charge on any atom is -0.512 e. The lowest BCUT2D eigenvalue weighted by Gasteiger charge is -1.91. The number of aliphatic hydroxyl groups is 1. The Kier molecular flexibility index (Phi) is 6.11. The normalized spacial score (nSPS) is 14.8. The predicted octanol–water partition coefficient (Wildman–Crippen LogP) is 3.49. The van der Waals surface area contributed by atoms with Gasteiger partial charge in [0.25, 0.3) is 0 Å². The van der Waals surface area contributed by atoms with E-state index in [1.165, 1.54) is 6.92 Å².